The zero-order valence-corrected chi connectivity index (χ0v) is 9.10. The van der Waals surface area contributed by atoms with E-state index in [-0.39, 0.29) is 17.4 Å². The molecule has 3 nitrogen and oxygen atoms in total. The normalized spacial score (nSPS) is 23.9. The van der Waals surface area contributed by atoms with Gasteiger partial charge in [-0.2, -0.15) is 0 Å². The van der Waals surface area contributed by atoms with Crippen molar-refractivity contribution in [3.63, 3.8) is 0 Å². The number of carbonyl (C=O) groups excluding carboxylic acids is 1. The molecule has 3 heteroatoms. The molecule has 80 valence electrons. The first-order valence-corrected chi connectivity index (χ1v) is 5.62. The second-order valence-electron chi connectivity index (χ2n) is 5.19. The summed E-state index contributed by atoms with van der Waals surface area (Å²) in [5, 5.41) is 6.31. The summed E-state index contributed by atoms with van der Waals surface area (Å²) in [6, 6.07) is 0. The van der Waals surface area contributed by atoms with Gasteiger partial charge in [0.15, 0.2) is 0 Å². The Morgan fingerprint density at radius 3 is 2.36 bits per heavy atom. The molecule has 2 rings (SSSR count). The highest BCUT2D eigenvalue weighted by molar-refractivity contribution is 5.80. The van der Waals surface area contributed by atoms with Crippen molar-refractivity contribution in [1.29, 1.82) is 0 Å². The Morgan fingerprint density at radius 1 is 1.36 bits per heavy atom. The molecule has 2 aliphatic rings. The third-order valence-corrected chi connectivity index (χ3v) is 3.72. The zero-order chi connectivity index (χ0) is 10.2. The first-order chi connectivity index (χ1) is 6.59. The highest BCUT2D eigenvalue weighted by Gasteiger charge is 2.37. The molecule has 2 N–H and O–H groups in total. The van der Waals surface area contributed by atoms with Gasteiger partial charge in [-0.15, -0.1) is 0 Å². The standard InChI is InChI=1S/C11H20N2O/c1-11(2,9-4-3-5-9)13-10(14)8-6-12-7-8/h8-9,12H,3-7H2,1-2H3,(H,13,14). The van der Waals surface area contributed by atoms with Crippen LogP contribution in [0.4, 0.5) is 0 Å². The SMILES string of the molecule is CC(C)(NC(=O)C1CNC1)C1CCC1. The molecule has 14 heavy (non-hydrogen) atoms. The maximum atomic E-state index is 11.7. The number of amides is 1. The Hall–Kier alpha value is -0.570. The maximum Gasteiger partial charge on any atom is 0.226 e. The number of nitrogens with one attached hydrogen (secondary N) is 2. The van der Waals surface area contributed by atoms with Crippen molar-refractivity contribution >= 4 is 5.91 Å². The Morgan fingerprint density at radius 2 is 2.00 bits per heavy atom. The molecule has 1 aliphatic carbocycles. The first-order valence-electron chi connectivity index (χ1n) is 5.62. The highest BCUT2D eigenvalue weighted by Crippen LogP contribution is 2.35. The van der Waals surface area contributed by atoms with Gasteiger partial charge in [0.25, 0.3) is 0 Å². The van der Waals surface area contributed by atoms with Crippen LogP contribution < -0.4 is 10.6 Å². The summed E-state index contributed by atoms with van der Waals surface area (Å²) in [6.45, 7) is 6.01. The molecule has 1 aliphatic heterocycles. The maximum absolute atomic E-state index is 11.7. The minimum Gasteiger partial charge on any atom is -0.351 e. The van der Waals surface area contributed by atoms with Gasteiger partial charge in [0, 0.05) is 18.6 Å². The summed E-state index contributed by atoms with van der Waals surface area (Å²) in [5.41, 5.74) is 0.00488. The summed E-state index contributed by atoms with van der Waals surface area (Å²) >= 11 is 0. The molecule has 0 atom stereocenters. The smallest absolute Gasteiger partial charge is 0.226 e. The number of rotatable bonds is 3. The van der Waals surface area contributed by atoms with Crippen LogP contribution in [0, 0.1) is 11.8 Å². The summed E-state index contributed by atoms with van der Waals surface area (Å²) < 4.78 is 0. The Kier molecular flexibility index (Phi) is 2.52. The molecular formula is C11H20N2O. The van der Waals surface area contributed by atoms with Crippen LogP contribution in [0.3, 0.4) is 0 Å². The molecule has 0 aromatic rings. The van der Waals surface area contributed by atoms with E-state index in [0.29, 0.717) is 5.92 Å². The molecule has 1 amide bonds. The van der Waals surface area contributed by atoms with E-state index in [1.165, 1.54) is 19.3 Å². The van der Waals surface area contributed by atoms with Crippen LogP contribution in [0.1, 0.15) is 33.1 Å². The van der Waals surface area contributed by atoms with Crippen molar-refractivity contribution in [3.05, 3.63) is 0 Å². The van der Waals surface area contributed by atoms with Gasteiger partial charge in [-0.1, -0.05) is 6.42 Å². The van der Waals surface area contributed by atoms with Crippen LogP contribution >= 0.6 is 0 Å². The van der Waals surface area contributed by atoms with Crippen LogP contribution in [0.5, 0.6) is 0 Å². The van der Waals surface area contributed by atoms with Gasteiger partial charge in [-0.25, -0.2) is 0 Å². The quantitative estimate of drug-likeness (QED) is 0.704. The second kappa shape index (κ2) is 3.54. The van der Waals surface area contributed by atoms with Crippen LogP contribution in [0.2, 0.25) is 0 Å². The van der Waals surface area contributed by atoms with Crippen molar-refractivity contribution in [2.45, 2.75) is 38.6 Å². The van der Waals surface area contributed by atoms with Gasteiger partial charge in [0.05, 0.1) is 5.92 Å². The van der Waals surface area contributed by atoms with E-state index in [0.717, 1.165) is 13.1 Å². The largest absolute Gasteiger partial charge is 0.351 e. The molecule has 0 unspecified atom stereocenters. The third kappa shape index (κ3) is 1.78. The monoisotopic (exact) mass is 196 g/mol. The molecule has 0 spiro atoms. The predicted octanol–water partition coefficient (Wildman–Crippen LogP) is 0.901. The zero-order valence-electron chi connectivity index (χ0n) is 9.10. The molecule has 0 aromatic heterocycles. The average Bonchev–Trinajstić information content (AvgIpc) is 1.72. The van der Waals surface area contributed by atoms with Crippen molar-refractivity contribution in [2.75, 3.05) is 13.1 Å². The third-order valence-electron chi connectivity index (χ3n) is 3.72. The van der Waals surface area contributed by atoms with Gasteiger partial charge in [0.1, 0.15) is 0 Å². The van der Waals surface area contributed by atoms with E-state index in [9.17, 15) is 4.79 Å². The van der Waals surface area contributed by atoms with E-state index in [4.69, 9.17) is 0 Å². The van der Waals surface area contributed by atoms with E-state index >= 15 is 0 Å². The summed E-state index contributed by atoms with van der Waals surface area (Å²) in [4.78, 5) is 11.7. The summed E-state index contributed by atoms with van der Waals surface area (Å²) in [6.07, 6.45) is 3.88. The number of hydrogen-bond donors (Lipinski definition) is 2. The van der Waals surface area contributed by atoms with Gasteiger partial charge in [0.2, 0.25) is 5.91 Å². The second-order valence-corrected chi connectivity index (χ2v) is 5.19. The molecule has 1 saturated carbocycles. The van der Waals surface area contributed by atoms with Crippen LogP contribution in [-0.4, -0.2) is 24.5 Å². The van der Waals surface area contributed by atoms with Gasteiger partial charge < -0.3 is 10.6 Å². The minimum absolute atomic E-state index is 0.00488. The average molecular weight is 196 g/mol. The lowest BCUT2D eigenvalue weighted by atomic mass is 9.72. The van der Waals surface area contributed by atoms with Crippen molar-refractivity contribution in [2.24, 2.45) is 11.8 Å². The molecule has 1 saturated heterocycles. The highest BCUT2D eigenvalue weighted by atomic mass is 16.2. The van der Waals surface area contributed by atoms with Gasteiger partial charge in [-0.05, 0) is 32.6 Å². The molecular weight excluding hydrogens is 176 g/mol. The fourth-order valence-electron chi connectivity index (χ4n) is 2.13. The Bertz CT molecular complexity index is 229. The van der Waals surface area contributed by atoms with Crippen LogP contribution in [-0.2, 0) is 4.79 Å². The number of hydrogen-bond acceptors (Lipinski definition) is 2. The molecule has 0 aromatic carbocycles. The lowest BCUT2D eigenvalue weighted by molar-refractivity contribution is -0.129. The van der Waals surface area contributed by atoms with Crippen molar-refractivity contribution in [3.8, 4) is 0 Å². The fraction of sp³-hybridized carbons (Fsp3) is 0.909. The molecule has 2 fully saturated rings. The minimum atomic E-state index is 0.00488. The molecule has 0 radical (unpaired) electrons. The fourth-order valence-corrected chi connectivity index (χ4v) is 2.13. The van der Waals surface area contributed by atoms with Crippen molar-refractivity contribution < 1.29 is 4.79 Å². The van der Waals surface area contributed by atoms with Crippen molar-refractivity contribution in [1.82, 2.24) is 10.6 Å². The van der Waals surface area contributed by atoms with E-state index in [2.05, 4.69) is 24.5 Å². The lowest BCUT2D eigenvalue weighted by Gasteiger charge is -2.42. The van der Waals surface area contributed by atoms with E-state index < -0.39 is 0 Å². The Balaban J connectivity index is 1.84. The summed E-state index contributed by atoms with van der Waals surface area (Å²) in [7, 11) is 0. The van der Waals surface area contributed by atoms with E-state index in [1.807, 2.05) is 0 Å². The van der Waals surface area contributed by atoms with Gasteiger partial charge in [-0.3, -0.25) is 4.79 Å². The lowest BCUT2D eigenvalue weighted by Crippen LogP contribution is -2.58. The Labute approximate surface area is 85.6 Å². The van der Waals surface area contributed by atoms with Gasteiger partial charge >= 0.3 is 0 Å². The van der Waals surface area contributed by atoms with E-state index in [1.54, 1.807) is 0 Å². The van der Waals surface area contributed by atoms with Crippen LogP contribution in [0.25, 0.3) is 0 Å². The first kappa shape index (κ1) is 9.97. The van der Waals surface area contributed by atoms with Crippen LogP contribution in [0.15, 0.2) is 0 Å². The predicted molar refractivity (Wildman–Crippen MR) is 55.9 cm³/mol. The molecule has 1 heterocycles. The number of carbonyl (C=O) groups is 1. The summed E-state index contributed by atoms with van der Waals surface area (Å²) in [5.74, 6) is 1.15. The topological polar surface area (TPSA) is 41.1 Å². The molecule has 0 bridgehead atoms.